The molecule has 0 aliphatic carbocycles. The number of halogens is 3. The van der Waals surface area contributed by atoms with E-state index in [4.69, 9.17) is 39.2 Å². The van der Waals surface area contributed by atoms with Gasteiger partial charge in [0.05, 0.1) is 14.9 Å². The minimum Gasteiger partial charge on any atom is -0.403 e. The Bertz CT molecular complexity index is 1220. The maximum absolute atomic E-state index is 12.7. The fourth-order valence-corrected chi connectivity index (χ4v) is 6.77. The molecular weight excluding hydrogens is 507 g/mol. The largest absolute Gasteiger partial charge is 0.403 e. The molecule has 1 aliphatic rings. The number of rotatable bonds is 5. The summed E-state index contributed by atoms with van der Waals surface area (Å²) < 4.78 is 32.8. The van der Waals surface area contributed by atoms with Crippen LogP contribution in [0, 0.1) is 5.92 Å². The number of carbonyl (C=O) groups is 1. The highest BCUT2D eigenvalue weighted by Crippen LogP contribution is 2.32. The van der Waals surface area contributed by atoms with Crippen LogP contribution in [0.15, 0.2) is 39.0 Å². The number of aromatic nitrogens is 2. The second-order valence-electron chi connectivity index (χ2n) is 6.76. The number of amides is 1. The van der Waals surface area contributed by atoms with Gasteiger partial charge in [0.1, 0.15) is 4.21 Å². The van der Waals surface area contributed by atoms with Crippen LogP contribution in [0.25, 0.3) is 11.5 Å². The number of benzene rings is 1. The highest BCUT2D eigenvalue weighted by Gasteiger charge is 2.33. The van der Waals surface area contributed by atoms with Crippen LogP contribution in [0.3, 0.4) is 0 Å². The van der Waals surface area contributed by atoms with E-state index in [1.54, 1.807) is 24.3 Å². The summed E-state index contributed by atoms with van der Waals surface area (Å²) in [6, 6.07) is 7.80. The molecule has 3 aromatic rings. The second-order valence-corrected chi connectivity index (χ2v) is 11.5. The predicted molar refractivity (Wildman–Crippen MR) is 119 cm³/mol. The lowest BCUT2D eigenvalue weighted by atomic mass is 9.97. The zero-order chi connectivity index (χ0) is 22.2. The van der Waals surface area contributed by atoms with Crippen LogP contribution in [0.2, 0.25) is 14.4 Å². The van der Waals surface area contributed by atoms with Gasteiger partial charge in [0.15, 0.2) is 0 Å². The molecule has 1 aliphatic heterocycles. The Labute approximate surface area is 197 Å². The first-order valence-corrected chi connectivity index (χ1v) is 12.5. The van der Waals surface area contributed by atoms with E-state index in [-0.39, 0.29) is 41.0 Å². The van der Waals surface area contributed by atoms with Crippen molar-refractivity contribution in [1.82, 2.24) is 14.5 Å². The highest BCUT2D eigenvalue weighted by molar-refractivity contribution is 7.91. The lowest BCUT2D eigenvalue weighted by Gasteiger charge is -2.29. The average molecular weight is 522 g/mol. The number of hydrogen-bond donors (Lipinski definition) is 1. The van der Waals surface area contributed by atoms with Gasteiger partial charge in [-0.05, 0) is 43.2 Å². The Morgan fingerprint density at radius 3 is 2.52 bits per heavy atom. The summed E-state index contributed by atoms with van der Waals surface area (Å²) in [6.45, 7) is 0.455. The molecule has 164 valence electrons. The molecule has 0 spiro atoms. The average Bonchev–Trinajstić information content (AvgIpc) is 3.37. The van der Waals surface area contributed by atoms with Gasteiger partial charge in [-0.1, -0.05) is 39.9 Å². The first kappa shape index (κ1) is 22.5. The number of carbonyl (C=O) groups excluding carboxylic acids is 1. The number of sulfonamides is 1. The molecule has 8 nitrogen and oxygen atoms in total. The number of nitrogens with one attached hydrogen (secondary N) is 1. The Balaban J connectivity index is 1.37. The van der Waals surface area contributed by atoms with E-state index < -0.39 is 10.0 Å². The molecule has 4 rings (SSSR count). The summed E-state index contributed by atoms with van der Waals surface area (Å²) in [5, 5.41) is 11.1. The van der Waals surface area contributed by atoms with Crippen LogP contribution >= 0.6 is 46.1 Å². The summed E-state index contributed by atoms with van der Waals surface area (Å²) in [5.41, 5.74) is 0.492. The highest BCUT2D eigenvalue weighted by atomic mass is 35.5. The van der Waals surface area contributed by atoms with Gasteiger partial charge in [-0.15, -0.1) is 16.4 Å². The third-order valence-electron chi connectivity index (χ3n) is 4.78. The molecule has 0 bridgehead atoms. The second kappa shape index (κ2) is 9.05. The number of piperidine rings is 1. The molecule has 1 N–H and O–H groups in total. The smallest absolute Gasteiger partial charge is 0.322 e. The minimum atomic E-state index is -3.61. The molecule has 0 unspecified atom stereocenters. The lowest BCUT2D eigenvalue weighted by Crippen LogP contribution is -2.41. The molecule has 0 atom stereocenters. The van der Waals surface area contributed by atoms with Crippen molar-refractivity contribution < 1.29 is 17.6 Å². The van der Waals surface area contributed by atoms with Gasteiger partial charge >= 0.3 is 6.01 Å². The maximum atomic E-state index is 12.7. The summed E-state index contributed by atoms with van der Waals surface area (Å²) in [4.78, 5) is 12.6. The van der Waals surface area contributed by atoms with Crippen LogP contribution < -0.4 is 5.32 Å². The zero-order valence-electron chi connectivity index (χ0n) is 15.7. The molecule has 13 heteroatoms. The first-order valence-electron chi connectivity index (χ1n) is 9.09. The summed E-state index contributed by atoms with van der Waals surface area (Å²) in [5.74, 6) is -0.547. The monoisotopic (exact) mass is 520 g/mol. The van der Waals surface area contributed by atoms with E-state index >= 15 is 0 Å². The van der Waals surface area contributed by atoms with Crippen molar-refractivity contribution in [3.8, 4) is 11.5 Å². The van der Waals surface area contributed by atoms with Crippen molar-refractivity contribution in [2.45, 2.75) is 17.1 Å². The van der Waals surface area contributed by atoms with Crippen LogP contribution in [0.5, 0.6) is 0 Å². The molecular formula is C18H15Cl3N4O4S2. The minimum absolute atomic E-state index is 0.0608. The molecule has 1 saturated heterocycles. The van der Waals surface area contributed by atoms with Crippen LogP contribution in [0.1, 0.15) is 12.8 Å². The normalized spacial score (nSPS) is 15.8. The van der Waals surface area contributed by atoms with Crippen molar-refractivity contribution in [2.75, 3.05) is 18.4 Å². The van der Waals surface area contributed by atoms with Crippen molar-refractivity contribution in [1.29, 1.82) is 0 Å². The van der Waals surface area contributed by atoms with Crippen LogP contribution in [-0.4, -0.2) is 41.9 Å². The van der Waals surface area contributed by atoms with Gasteiger partial charge in [-0.3, -0.25) is 10.1 Å². The quantitative estimate of drug-likeness (QED) is 0.517. The van der Waals surface area contributed by atoms with Crippen molar-refractivity contribution >= 4 is 68.1 Å². The maximum Gasteiger partial charge on any atom is 0.322 e. The summed E-state index contributed by atoms with van der Waals surface area (Å²) in [7, 11) is -3.61. The Morgan fingerprint density at radius 2 is 1.87 bits per heavy atom. The van der Waals surface area contributed by atoms with Gasteiger partial charge in [0.2, 0.25) is 5.91 Å². The number of nitrogens with zero attached hydrogens (tertiary/aromatic N) is 3. The van der Waals surface area contributed by atoms with E-state index in [0.717, 1.165) is 11.3 Å². The van der Waals surface area contributed by atoms with Gasteiger partial charge in [-0.2, -0.15) is 4.31 Å². The van der Waals surface area contributed by atoms with Gasteiger partial charge in [0, 0.05) is 24.0 Å². The molecule has 31 heavy (non-hydrogen) atoms. The lowest BCUT2D eigenvalue weighted by molar-refractivity contribution is -0.121. The van der Waals surface area contributed by atoms with Gasteiger partial charge in [0.25, 0.3) is 15.9 Å². The number of anilines is 1. The first-order chi connectivity index (χ1) is 14.7. The fraction of sp³-hybridized carbons (Fsp3) is 0.278. The molecule has 3 heterocycles. The fourth-order valence-electron chi connectivity index (χ4n) is 3.17. The standard InChI is InChI=1S/C18H15Cl3N4O4S2/c19-11-1-2-12(13(20)9-11)17-23-24-18(29-17)22-16(26)10-5-7-25(8-6-10)31(27,28)15-4-3-14(21)30-15/h1-4,9-10H,5-8H2,(H,22,24,26). The van der Waals surface area contributed by atoms with Crippen molar-refractivity contribution in [3.05, 3.63) is 44.7 Å². The van der Waals surface area contributed by atoms with Crippen LogP contribution in [0.4, 0.5) is 6.01 Å². The van der Waals surface area contributed by atoms with Crippen LogP contribution in [-0.2, 0) is 14.8 Å². The predicted octanol–water partition coefficient (Wildman–Crippen LogP) is 4.80. The summed E-state index contributed by atoms with van der Waals surface area (Å²) >= 11 is 18.9. The topological polar surface area (TPSA) is 105 Å². The molecule has 1 aromatic carbocycles. The Kier molecular flexibility index (Phi) is 6.57. The zero-order valence-corrected chi connectivity index (χ0v) is 19.6. The van der Waals surface area contributed by atoms with Crippen molar-refractivity contribution in [2.24, 2.45) is 5.92 Å². The molecule has 0 radical (unpaired) electrons. The SMILES string of the molecule is O=C(Nc1nnc(-c2ccc(Cl)cc2Cl)o1)C1CCN(S(=O)(=O)c2ccc(Cl)s2)CC1. The third-order valence-corrected chi connectivity index (χ3v) is 8.93. The molecule has 0 saturated carbocycles. The van der Waals surface area contributed by atoms with E-state index in [2.05, 4.69) is 15.5 Å². The van der Waals surface area contributed by atoms with Gasteiger partial charge < -0.3 is 4.42 Å². The number of hydrogen-bond acceptors (Lipinski definition) is 7. The van der Waals surface area contributed by atoms with E-state index in [1.165, 1.54) is 10.4 Å². The molecule has 1 amide bonds. The Hall–Kier alpha value is -1.69. The number of thiophene rings is 1. The molecule has 2 aromatic heterocycles. The summed E-state index contributed by atoms with van der Waals surface area (Å²) in [6.07, 6.45) is 0.738. The van der Waals surface area contributed by atoms with Gasteiger partial charge in [-0.25, -0.2) is 8.42 Å². The Morgan fingerprint density at radius 1 is 1.13 bits per heavy atom. The van der Waals surface area contributed by atoms with Crippen molar-refractivity contribution in [3.63, 3.8) is 0 Å². The molecule has 1 fully saturated rings. The van der Waals surface area contributed by atoms with E-state index in [9.17, 15) is 13.2 Å². The van der Waals surface area contributed by atoms with E-state index in [1.807, 2.05) is 0 Å². The van der Waals surface area contributed by atoms with E-state index in [0.29, 0.717) is 32.8 Å². The third kappa shape index (κ3) is 4.89.